The molecule has 0 aromatic heterocycles. The van der Waals surface area contributed by atoms with Crippen LogP contribution in [0.25, 0.3) is 0 Å². The number of aliphatic imine (C=N–C) groups is 1. The van der Waals surface area contributed by atoms with E-state index < -0.39 is 0 Å². The van der Waals surface area contributed by atoms with Gasteiger partial charge in [0.25, 0.3) is 0 Å². The Bertz CT molecular complexity index is 691. The van der Waals surface area contributed by atoms with Crippen molar-refractivity contribution in [1.82, 2.24) is 10.6 Å². The van der Waals surface area contributed by atoms with Gasteiger partial charge < -0.3 is 10.6 Å². The summed E-state index contributed by atoms with van der Waals surface area (Å²) in [6, 6.07) is 17.4. The van der Waals surface area contributed by atoms with Crippen LogP contribution in [0.15, 0.2) is 59.6 Å². The maximum Gasteiger partial charge on any atom is 0.191 e. The van der Waals surface area contributed by atoms with Gasteiger partial charge >= 0.3 is 0 Å². The minimum Gasteiger partial charge on any atom is -0.356 e. The number of nitrogens with one attached hydrogen (secondary N) is 2. The van der Waals surface area contributed by atoms with Gasteiger partial charge in [-0.1, -0.05) is 42.5 Å². The monoisotopic (exact) mass is 325 g/mol. The summed E-state index contributed by atoms with van der Waals surface area (Å²) in [6.07, 6.45) is 2.24. The van der Waals surface area contributed by atoms with E-state index in [1.807, 2.05) is 30.3 Å². The Morgan fingerprint density at radius 3 is 2.38 bits per heavy atom. The largest absolute Gasteiger partial charge is 0.356 e. The van der Waals surface area contributed by atoms with E-state index in [1.165, 1.54) is 11.1 Å². The predicted octanol–water partition coefficient (Wildman–Crippen LogP) is 3.78. The fourth-order valence-corrected chi connectivity index (χ4v) is 3.00. The normalized spacial score (nSPS) is 17.2. The first kappa shape index (κ1) is 16.5. The number of halogens is 1. The fraction of sp³-hybridized carbons (Fsp3) is 0.350. The highest BCUT2D eigenvalue weighted by atomic mass is 19.1. The van der Waals surface area contributed by atoms with Crippen LogP contribution in [-0.4, -0.2) is 19.6 Å². The Morgan fingerprint density at radius 2 is 1.79 bits per heavy atom. The predicted molar refractivity (Wildman–Crippen MR) is 96.7 cm³/mol. The quantitative estimate of drug-likeness (QED) is 0.648. The lowest BCUT2D eigenvalue weighted by atomic mass is 9.96. The smallest absolute Gasteiger partial charge is 0.191 e. The van der Waals surface area contributed by atoms with Crippen LogP contribution in [0, 0.1) is 5.82 Å². The average Bonchev–Trinajstić information content (AvgIpc) is 3.41. The minimum absolute atomic E-state index is 0.112. The second-order valence-electron chi connectivity index (χ2n) is 6.49. The summed E-state index contributed by atoms with van der Waals surface area (Å²) >= 11 is 0. The zero-order chi connectivity index (χ0) is 17.0. The van der Waals surface area contributed by atoms with Crippen molar-refractivity contribution in [2.24, 2.45) is 4.99 Å². The highest BCUT2D eigenvalue weighted by Gasteiger charge is 2.44. The Balaban J connectivity index is 1.59. The van der Waals surface area contributed by atoms with Crippen molar-refractivity contribution >= 4 is 5.96 Å². The van der Waals surface area contributed by atoms with Gasteiger partial charge in [-0.15, -0.1) is 0 Å². The standard InChI is InChI=1S/C20H24FN3/c1-15(16-6-4-3-5-7-16)24-19(22-2)23-14-20(12-13-20)17-8-10-18(21)11-9-17/h3-11,15H,12-14H2,1-2H3,(H2,22,23,24). The molecule has 3 nitrogen and oxygen atoms in total. The van der Waals surface area contributed by atoms with Gasteiger partial charge in [-0.05, 0) is 43.0 Å². The Hall–Kier alpha value is -2.36. The van der Waals surface area contributed by atoms with E-state index in [-0.39, 0.29) is 17.3 Å². The molecule has 2 N–H and O–H groups in total. The van der Waals surface area contributed by atoms with Crippen LogP contribution in [0.2, 0.25) is 0 Å². The second-order valence-corrected chi connectivity index (χ2v) is 6.49. The van der Waals surface area contributed by atoms with Gasteiger partial charge in [0.2, 0.25) is 0 Å². The van der Waals surface area contributed by atoms with E-state index in [9.17, 15) is 4.39 Å². The topological polar surface area (TPSA) is 36.4 Å². The molecule has 24 heavy (non-hydrogen) atoms. The molecule has 0 aliphatic heterocycles. The minimum atomic E-state index is -0.184. The zero-order valence-corrected chi connectivity index (χ0v) is 14.2. The molecule has 1 aliphatic carbocycles. The van der Waals surface area contributed by atoms with Gasteiger partial charge in [0.15, 0.2) is 5.96 Å². The molecule has 3 rings (SSSR count). The van der Waals surface area contributed by atoms with Crippen LogP contribution in [0.5, 0.6) is 0 Å². The molecule has 2 aromatic carbocycles. The maximum absolute atomic E-state index is 13.1. The summed E-state index contributed by atoms with van der Waals surface area (Å²) < 4.78 is 13.1. The van der Waals surface area contributed by atoms with Gasteiger partial charge in [0.05, 0.1) is 6.04 Å². The van der Waals surface area contributed by atoms with Gasteiger partial charge in [-0.25, -0.2) is 4.39 Å². The van der Waals surface area contributed by atoms with Crippen LogP contribution in [0.3, 0.4) is 0 Å². The van der Waals surface area contributed by atoms with Gasteiger partial charge in [-0.3, -0.25) is 4.99 Å². The van der Waals surface area contributed by atoms with Gasteiger partial charge in [0.1, 0.15) is 5.82 Å². The van der Waals surface area contributed by atoms with E-state index >= 15 is 0 Å². The molecule has 1 aliphatic rings. The molecule has 1 atom stereocenters. The number of benzene rings is 2. The number of guanidine groups is 1. The average molecular weight is 325 g/mol. The van der Waals surface area contributed by atoms with E-state index in [4.69, 9.17) is 0 Å². The van der Waals surface area contributed by atoms with Crippen molar-refractivity contribution in [1.29, 1.82) is 0 Å². The summed E-state index contributed by atoms with van der Waals surface area (Å²) in [4.78, 5) is 4.33. The molecule has 1 unspecified atom stereocenters. The van der Waals surface area contributed by atoms with Crippen molar-refractivity contribution in [2.75, 3.05) is 13.6 Å². The zero-order valence-electron chi connectivity index (χ0n) is 14.2. The van der Waals surface area contributed by atoms with Crippen molar-refractivity contribution in [3.8, 4) is 0 Å². The van der Waals surface area contributed by atoms with Crippen molar-refractivity contribution < 1.29 is 4.39 Å². The first-order chi connectivity index (χ1) is 11.6. The van der Waals surface area contributed by atoms with Crippen LogP contribution in [0.4, 0.5) is 4.39 Å². The molecule has 4 heteroatoms. The third kappa shape index (κ3) is 3.75. The number of hydrogen-bond donors (Lipinski definition) is 2. The molecule has 1 fully saturated rings. The number of rotatable bonds is 5. The lowest BCUT2D eigenvalue weighted by molar-refractivity contribution is 0.612. The van der Waals surface area contributed by atoms with Gasteiger partial charge in [0, 0.05) is 19.0 Å². The molecule has 0 bridgehead atoms. The molecule has 126 valence electrons. The fourth-order valence-electron chi connectivity index (χ4n) is 3.00. The summed E-state index contributed by atoms with van der Waals surface area (Å²) in [7, 11) is 1.78. The number of nitrogens with zero attached hydrogens (tertiary/aromatic N) is 1. The lowest BCUT2D eigenvalue weighted by Crippen LogP contribution is -2.42. The summed E-state index contributed by atoms with van der Waals surface area (Å²) in [5.74, 6) is 0.608. The Labute approximate surface area is 143 Å². The summed E-state index contributed by atoms with van der Waals surface area (Å²) in [6.45, 7) is 2.93. The SMILES string of the molecule is CN=C(NCC1(c2ccc(F)cc2)CC1)NC(C)c1ccccc1. The Kier molecular flexibility index (Phi) is 4.84. The van der Waals surface area contributed by atoms with Crippen LogP contribution in [0.1, 0.15) is 36.9 Å². The molecular formula is C20H24FN3. The third-order valence-electron chi connectivity index (χ3n) is 4.78. The van der Waals surface area contributed by atoms with Gasteiger partial charge in [-0.2, -0.15) is 0 Å². The molecule has 0 saturated heterocycles. The first-order valence-electron chi connectivity index (χ1n) is 8.41. The van der Waals surface area contributed by atoms with E-state index in [0.717, 1.165) is 25.3 Å². The molecule has 0 spiro atoms. The van der Waals surface area contributed by atoms with Crippen LogP contribution < -0.4 is 10.6 Å². The van der Waals surface area contributed by atoms with Crippen molar-refractivity contribution in [3.05, 3.63) is 71.5 Å². The van der Waals surface area contributed by atoms with E-state index in [2.05, 4.69) is 34.7 Å². The molecule has 1 saturated carbocycles. The molecule has 2 aromatic rings. The van der Waals surface area contributed by atoms with Crippen LogP contribution >= 0.6 is 0 Å². The molecule has 0 amide bonds. The lowest BCUT2D eigenvalue weighted by Gasteiger charge is -2.22. The highest BCUT2D eigenvalue weighted by Crippen LogP contribution is 2.47. The van der Waals surface area contributed by atoms with Crippen LogP contribution in [-0.2, 0) is 5.41 Å². The third-order valence-corrected chi connectivity index (χ3v) is 4.78. The van der Waals surface area contributed by atoms with E-state index in [0.29, 0.717) is 0 Å². The molecular weight excluding hydrogens is 301 g/mol. The second kappa shape index (κ2) is 7.04. The maximum atomic E-state index is 13.1. The van der Waals surface area contributed by atoms with E-state index in [1.54, 1.807) is 19.2 Å². The highest BCUT2D eigenvalue weighted by molar-refractivity contribution is 5.80. The molecule has 0 radical (unpaired) electrons. The van der Waals surface area contributed by atoms with Crippen molar-refractivity contribution in [2.45, 2.75) is 31.2 Å². The van der Waals surface area contributed by atoms with Crippen molar-refractivity contribution in [3.63, 3.8) is 0 Å². The summed E-state index contributed by atoms with van der Waals surface area (Å²) in [5, 5.41) is 6.85. The molecule has 0 heterocycles. The number of hydrogen-bond acceptors (Lipinski definition) is 1. The Morgan fingerprint density at radius 1 is 1.12 bits per heavy atom. The first-order valence-corrected chi connectivity index (χ1v) is 8.41. The summed E-state index contributed by atoms with van der Waals surface area (Å²) in [5.41, 5.74) is 2.53.